The Morgan fingerprint density at radius 3 is 2.95 bits per heavy atom. The molecule has 104 valence electrons. The lowest BCUT2D eigenvalue weighted by atomic mass is 10.2. The third-order valence-electron chi connectivity index (χ3n) is 2.85. The predicted octanol–water partition coefficient (Wildman–Crippen LogP) is -0.370. The molecule has 20 heavy (non-hydrogen) atoms. The van der Waals surface area contributed by atoms with Crippen molar-refractivity contribution in [3.63, 3.8) is 0 Å². The lowest BCUT2D eigenvalue weighted by Crippen LogP contribution is -2.28. The molecule has 0 amide bonds. The molecule has 0 spiro atoms. The molecule has 0 aliphatic rings. The number of methoxy groups -OCH3 is 1. The smallest absolute Gasteiger partial charge is 0.260 e. The SMILES string of the molecule is COc1nc2ccn(C[C@H](O)CO)c(=O)c2cc1C#N. The van der Waals surface area contributed by atoms with Crippen LogP contribution in [0.25, 0.3) is 10.9 Å². The van der Waals surface area contributed by atoms with Gasteiger partial charge in [-0.05, 0) is 12.1 Å². The van der Waals surface area contributed by atoms with Crippen molar-refractivity contribution in [3.8, 4) is 11.9 Å². The maximum atomic E-state index is 12.2. The second-order valence-corrected chi connectivity index (χ2v) is 4.20. The summed E-state index contributed by atoms with van der Waals surface area (Å²) in [6.45, 7) is -0.464. The van der Waals surface area contributed by atoms with Crippen LogP contribution in [0.15, 0.2) is 23.1 Å². The Hall–Kier alpha value is -2.43. The Morgan fingerprint density at radius 2 is 2.35 bits per heavy atom. The highest BCUT2D eigenvalue weighted by Crippen LogP contribution is 2.19. The monoisotopic (exact) mass is 275 g/mol. The first-order valence-corrected chi connectivity index (χ1v) is 5.88. The molecule has 0 unspecified atom stereocenters. The number of nitriles is 1. The van der Waals surface area contributed by atoms with E-state index in [-0.39, 0.29) is 28.9 Å². The Morgan fingerprint density at radius 1 is 1.60 bits per heavy atom. The van der Waals surface area contributed by atoms with Crippen molar-refractivity contribution in [2.75, 3.05) is 13.7 Å². The second kappa shape index (κ2) is 5.69. The van der Waals surface area contributed by atoms with Gasteiger partial charge in [-0.1, -0.05) is 0 Å². The highest BCUT2D eigenvalue weighted by Gasteiger charge is 2.12. The molecule has 7 heteroatoms. The van der Waals surface area contributed by atoms with E-state index in [1.165, 1.54) is 23.9 Å². The minimum absolute atomic E-state index is 0.0286. The lowest BCUT2D eigenvalue weighted by molar-refractivity contribution is 0.0805. The molecule has 0 aliphatic heterocycles. The summed E-state index contributed by atoms with van der Waals surface area (Å²) in [5, 5.41) is 27.5. The normalized spacial score (nSPS) is 12.1. The number of aliphatic hydroxyl groups is 2. The number of hydrogen-bond donors (Lipinski definition) is 2. The molecular formula is C13H13N3O4. The molecule has 0 bridgehead atoms. The number of ether oxygens (including phenoxy) is 1. The van der Waals surface area contributed by atoms with Gasteiger partial charge in [0, 0.05) is 6.20 Å². The molecule has 0 fully saturated rings. The molecule has 0 saturated heterocycles. The van der Waals surface area contributed by atoms with E-state index in [0.29, 0.717) is 5.52 Å². The second-order valence-electron chi connectivity index (χ2n) is 4.20. The minimum Gasteiger partial charge on any atom is -0.480 e. The summed E-state index contributed by atoms with van der Waals surface area (Å²) < 4.78 is 6.24. The largest absolute Gasteiger partial charge is 0.480 e. The van der Waals surface area contributed by atoms with Crippen molar-refractivity contribution < 1.29 is 14.9 Å². The van der Waals surface area contributed by atoms with Gasteiger partial charge in [-0.15, -0.1) is 0 Å². The summed E-state index contributed by atoms with van der Waals surface area (Å²) in [4.78, 5) is 16.3. The highest BCUT2D eigenvalue weighted by atomic mass is 16.5. The van der Waals surface area contributed by atoms with Crippen molar-refractivity contribution >= 4 is 10.9 Å². The summed E-state index contributed by atoms with van der Waals surface area (Å²) in [7, 11) is 1.40. The van der Waals surface area contributed by atoms with Crippen LogP contribution in [0, 0.1) is 11.3 Å². The van der Waals surface area contributed by atoms with Crippen LogP contribution < -0.4 is 10.3 Å². The zero-order chi connectivity index (χ0) is 14.7. The highest BCUT2D eigenvalue weighted by molar-refractivity contribution is 5.79. The lowest BCUT2D eigenvalue weighted by Gasteiger charge is -2.11. The van der Waals surface area contributed by atoms with Crippen LogP contribution in [-0.4, -0.2) is 39.6 Å². The van der Waals surface area contributed by atoms with Crippen LogP contribution in [0.3, 0.4) is 0 Å². The third kappa shape index (κ3) is 2.47. The van der Waals surface area contributed by atoms with Gasteiger partial charge in [0.25, 0.3) is 5.56 Å². The predicted molar refractivity (Wildman–Crippen MR) is 70.4 cm³/mol. The van der Waals surface area contributed by atoms with Gasteiger partial charge in [0.15, 0.2) is 0 Å². The summed E-state index contributed by atoms with van der Waals surface area (Å²) in [6, 6.07) is 4.91. The molecule has 2 aromatic rings. The topological polar surface area (TPSA) is 108 Å². The summed E-state index contributed by atoms with van der Waals surface area (Å²) in [5.74, 6) is 0.160. The van der Waals surface area contributed by atoms with Crippen LogP contribution in [0.4, 0.5) is 0 Å². The fourth-order valence-corrected chi connectivity index (χ4v) is 1.86. The minimum atomic E-state index is -1.02. The average molecular weight is 275 g/mol. The first-order chi connectivity index (χ1) is 9.60. The Kier molecular flexibility index (Phi) is 3.98. The number of fused-ring (bicyclic) bond motifs is 1. The fraction of sp³-hybridized carbons (Fsp3) is 0.308. The number of hydrogen-bond acceptors (Lipinski definition) is 6. The fourth-order valence-electron chi connectivity index (χ4n) is 1.86. The van der Waals surface area contributed by atoms with Crippen molar-refractivity contribution in [1.82, 2.24) is 9.55 Å². The van der Waals surface area contributed by atoms with E-state index in [0.717, 1.165) is 0 Å². The van der Waals surface area contributed by atoms with Gasteiger partial charge in [0.1, 0.15) is 11.6 Å². The van der Waals surface area contributed by atoms with Crippen molar-refractivity contribution in [2.45, 2.75) is 12.6 Å². The molecule has 0 aromatic carbocycles. The molecule has 2 N–H and O–H groups in total. The molecule has 2 aromatic heterocycles. The van der Waals surface area contributed by atoms with E-state index < -0.39 is 12.7 Å². The Bertz CT molecular complexity index is 733. The molecule has 1 atom stereocenters. The number of pyridine rings is 2. The van der Waals surface area contributed by atoms with Crippen LogP contribution >= 0.6 is 0 Å². The van der Waals surface area contributed by atoms with E-state index in [1.807, 2.05) is 6.07 Å². The molecule has 7 nitrogen and oxygen atoms in total. The van der Waals surface area contributed by atoms with E-state index >= 15 is 0 Å². The van der Waals surface area contributed by atoms with Gasteiger partial charge in [-0.2, -0.15) is 5.26 Å². The summed E-state index contributed by atoms with van der Waals surface area (Å²) >= 11 is 0. The maximum Gasteiger partial charge on any atom is 0.260 e. The Balaban J connectivity index is 2.61. The van der Waals surface area contributed by atoms with Crippen LogP contribution in [0.2, 0.25) is 0 Å². The van der Waals surface area contributed by atoms with E-state index in [1.54, 1.807) is 6.07 Å². The number of aromatic nitrogens is 2. The van der Waals surface area contributed by atoms with Crippen molar-refractivity contribution in [2.24, 2.45) is 0 Å². The first kappa shape index (κ1) is 14.0. The zero-order valence-corrected chi connectivity index (χ0v) is 10.8. The van der Waals surface area contributed by atoms with E-state index in [2.05, 4.69) is 4.98 Å². The summed E-state index contributed by atoms with van der Waals surface area (Å²) in [5.41, 5.74) is 0.180. The maximum absolute atomic E-state index is 12.2. The van der Waals surface area contributed by atoms with Gasteiger partial charge < -0.3 is 19.5 Å². The Labute approximate surface area is 114 Å². The van der Waals surface area contributed by atoms with Gasteiger partial charge in [0.05, 0.1) is 37.3 Å². The number of aliphatic hydroxyl groups excluding tert-OH is 2. The van der Waals surface area contributed by atoms with Gasteiger partial charge in [0.2, 0.25) is 5.88 Å². The van der Waals surface area contributed by atoms with Gasteiger partial charge >= 0.3 is 0 Å². The van der Waals surface area contributed by atoms with Gasteiger partial charge in [-0.25, -0.2) is 4.98 Å². The van der Waals surface area contributed by atoms with Crippen molar-refractivity contribution in [3.05, 3.63) is 34.2 Å². The first-order valence-electron chi connectivity index (χ1n) is 5.88. The molecule has 2 rings (SSSR count). The zero-order valence-electron chi connectivity index (χ0n) is 10.8. The van der Waals surface area contributed by atoms with E-state index in [4.69, 9.17) is 15.1 Å². The third-order valence-corrected chi connectivity index (χ3v) is 2.85. The molecular weight excluding hydrogens is 262 g/mol. The molecule has 2 heterocycles. The average Bonchev–Trinajstić information content (AvgIpc) is 2.48. The number of rotatable bonds is 4. The van der Waals surface area contributed by atoms with Crippen molar-refractivity contribution in [1.29, 1.82) is 5.26 Å². The van der Waals surface area contributed by atoms with Gasteiger partial charge in [-0.3, -0.25) is 4.79 Å². The molecule has 0 radical (unpaired) electrons. The quantitative estimate of drug-likeness (QED) is 0.788. The molecule has 0 aliphatic carbocycles. The summed E-state index contributed by atoms with van der Waals surface area (Å²) in [6.07, 6.45) is 0.453. The number of nitrogens with zero attached hydrogens (tertiary/aromatic N) is 3. The van der Waals surface area contributed by atoms with Crippen LogP contribution in [0.1, 0.15) is 5.56 Å². The van der Waals surface area contributed by atoms with E-state index in [9.17, 15) is 9.90 Å². The van der Waals surface area contributed by atoms with Crippen LogP contribution in [0.5, 0.6) is 5.88 Å². The standard InChI is InChI=1S/C13H13N3O4/c1-20-12-8(5-14)4-10-11(15-12)2-3-16(13(10)19)6-9(18)7-17/h2-4,9,17-18H,6-7H2,1H3/t9-/m0/s1. The molecule has 0 saturated carbocycles. The van der Waals surface area contributed by atoms with Crippen LogP contribution in [-0.2, 0) is 6.54 Å².